The number of nitrogens with two attached hydrogens (primary N) is 1. The molecule has 0 aliphatic carbocycles. The third-order valence-electron chi connectivity index (χ3n) is 2.97. The van der Waals surface area contributed by atoms with E-state index in [1.54, 1.807) is 23.6 Å². The Morgan fingerprint density at radius 2 is 1.95 bits per heavy atom. The van der Waals surface area contributed by atoms with Gasteiger partial charge in [0.25, 0.3) is 5.56 Å². The summed E-state index contributed by atoms with van der Waals surface area (Å²) in [6.07, 6.45) is 0. The first-order valence-electron chi connectivity index (χ1n) is 6.39. The van der Waals surface area contributed by atoms with Crippen LogP contribution < -0.4 is 11.3 Å². The summed E-state index contributed by atoms with van der Waals surface area (Å²) in [6, 6.07) is 7.16. The zero-order valence-corrected chi connectivity index (χ0v) is 12.5. The lowest BCUT2D eigenvalue weighted by Crippen LogP contribution is -2.28. The molecule has 1 atom stereocenters. The van der Waals surface area contributed by atoms with Crippen LogP contribution in [0.4, 0.5) is 0 Å². The van der Waals surface area contributed by atoms with Crippen LogP contribution in [0.15, 0.2) is 34.2 Å². The molecule has 0 saturated carbocycles. The van der Waals surface area contributed by atoms with E-state index in [0.717, 1.165) is 0 Å². The number of para-hydroxylation sites is 1. The van der Waals surface area contributed by atoms with Gasteiger partial charge in [-0.2, -0.15) is 0 Å². The fraction of sp³-hybridized carbons (Fsp3) is 0.357. The molecule has 1 unspecified atom stereocenters. The molecule has 0 saturated heterocycles. The van der Waals surface area contributed by atoms with Crippen molar-refractivity contribution in [3.63, 3.8) is 0 Å². The summed E-state index contributed by atoms with van der Waals surface area (Å²) in [5.74, 6) is -0.423. The van der Waals surface area contributed by atoms with Gasteiger partial charge in [0.15, 0.2) is 5.16 Å². The molecule has 0 aliphatic rings. The van der Waals surface area contributed by atoms with Gasteiger partial charge in [-0.25, -0.2) is 4.98 Å². The third kappa shape index (κ3) is 2.70. The predicted octanol–water partition coefficient (Wildman–Crippen LogP) is 1.94. The van der Waals surface area contributed by atoms with E-state index in [1.807, 2.05) is 26.0 Å². The van der Waals surface area contributed by atoms with E-state index in [1.165, 1.54) is 11.8 Å². The minimum absolute atomic E-state index is 0.0396. The summed E-state index contributed by atoms with van der Waals surface area (Å²) >= 11 is 1.21. The van der Waals surface area contributed by atoms with Gasteiger partial charge in [0.2, 0.25) is 5.91 Å². The summed E-state index contributed by atoms with van der Waals surface area (Å²) in [4.78, 5) is 28.3. The summed E-state index contributed by atoms with van der Waals surface area (Å²) < 4.78 is 1.60. The largest absolute Gasteiger partial charge is 0.369 e. The van der Waals surface area contributed by atoms with Gasteiger partial charge in [-0.05, 0) is 32.9 Å². The SMILES string of the molecule is CC(Sc1nc2ccccc2c(=O)n1C(C)C)C(N)=O. The molecule has 0 bridgehead atoms. The molecule has 0 aliphatic heterocycles. The fourth-order valence-electron chi connectivity index (χ4n) is 1.88. The van der Waals surface area contributed by atoms with Crippen molar-refractivity contribution in [2.24, 2.45) is 5.73 Å². The molecule has 2 N–H and O–H groups in total. The van der Waals surface area contributed by atoms with Gasteiger partial charge >= 0.3 is 0 Å². The van der Waals surface area contributed by atoms with E-state index in [4.69, 9.17) is 5.73 Å². The van der Waals surface area contributed by atoms with Crippen molar-refractivity contribution in [1.82, 2.24) is 9.55 Å². The number of thioether (sulfide) groups is 1. The highest BCUT2D eigenvalue weighted by Crippen LogP contribution is 2.24. The maximum atomic E-state index is 12.5. The number of primary amides is 1. The summed E-state index contributed by atoms with van der Waals surface area (Å²) in [5, 5.41) is 0.667. The molecule has 2 aromatic rings. The van der Waals surface area contributed by atoms with Crippen molar-refractivity contribution >= 4 is 28.6 Å². The van der Waals surface area contributed by atoms with Crippen LogP contribution >= 0.6 is 11.8 Å². The van der Waals surface area contributed by atoms with Crippen molar-refractivity contribution in [2.75, 3.05) is 0 Å². The van der Waals surface area contributed by atoms with E-state index in [-0.39, 0.29) is 11.6 Å². The molecule has 1 aromatic carbocycles. The summed E-state index contributed by atoms with van der Waals surface area (Å²) in [6.45, 7) is 5.53. The standard InChI is InChI=1S/C14H17N3O2S/c1-8(2)17-13(19)10-6-4-5-7-11(10)16-14(17)20-9(3)12(15)18/h4-9H,1-3H3,(H2,15,18). The van der Waals surface area contributed by atoms with Crippen molar-refractivity contribution in [3.05, 3.63) is 34.6 Å². The highest BCUT2D eigenvalue weighted by Gasteiger charge is 2.18. The first-order chi connectivity index (χ1) is 9.41. The average Bonchev–Trinajstić information content (AvgIpc) is 2.38. The normalized spacial score (nSPS) is 12.8. The minimum atomic E-state index is -0.437. The Kier molecular flexibility index (Phi) is 4.13. The maximum absolute atomic E-state index is 12.5. The van der Waals surface area contributed by atoms with Crippen molar-refractivity contribution in [2.45, 2.75) is 37.2 Å². The van der Waals surface area contributed by atoms with Gasteiger partial charge in [-0.15, -0.1) is 0 Å². The predicted molar refractivity (Wildman–Crippen MR) is 80.9 cm³/mol. The number of benzene rings is 1. The first kappa shape index (κ1) is 14.6. The Bertz CT molecular complexity index is 709. The lowest BCUT2D eigenvalue weighted by atomic mass is 10.2. The molecular formula is C14H17N3O2S. The van der Waals surface area contributed by atoms with Crippen LogP contribution in [-0.2, 0) is 4.79 Å². The monoisotopic (exact) mass is 291 g/mol. The van der Waals surface area contributed by atoms with Crippen LogP contribution in [0.3, 0.4) is 0 Å². The molecule has 0 radical (unpaired) electrons. The number of nitrogens with zero attached hydrogens (tertiary/aromatic N) is 2. The molecule has 6 heteroatoms. The van der Waals surface area contributed by atoms with E-state index in [9.17, 15) is 9.59 Å². The second-order valence-electron chi connectivity index (χ2n) is 4.84. The molecule has 106 valence electrons. The van der Waals surface area contributed by atoms with Gasteiger partial charge in [0.1, 0.15) is 0 Å². The van der Waals surface area contributed by atoms with E-state index in [2.05, 4.69) is 4.98 Å². The molecule has 20 heavy (non-hydrogen) atoms. The van der Waals surface area contributed by atoms with Crippen molar-refractivity contribution in [1.29, 1.82) is 0 Å². The number of hydrogen-bond donors (Lipinski definition) is 1. The molecule has 1 aromatic heterocycles. The number of amides is 1. The van der Waals surface area contributed by atoms with Crippen LogP contribution in [0.5, 0.6) is 0 Å². The number of hydrogen-bond acceptors (Lipinski definition) is 4. The molecule has 5 nitrogen and oxygen atoms in total. The van der Waals surface area contributed by atoms with Crippen LogP contribution in [0.25, 0.3) is 10.9 Å². The van der Waals surface area contributed by atoms with Gasteiger partial charge in [-0.3, -0.25) is 14.2 Å². The first-order valence-corrected chi connectivity index (χ1v) is 7.27. The zero-order valence-electron chi connectivity index (χ0n) is 11.7. The Morgan fingerprint density at radius 3 is 2.55 bits per heavy atom. The number of carbonyl (C=O) groups excluding carboxylic acids is 1. The van der Waals surface area contributed by atoms with Crippen LogP contribution in [0.1, 0.15) is 26.8 Å². The van der Waals surface area contributed by atoms with Gasteiger partial charge in [-0.1, -0.05) is 23.9 Å². The second-order valence-corrected chi connectivity index (χ2v) is 6.15. The fourth-order valence-corrected chi connectivity index (χ4v) is 2.87. The topological polar surface area (TPSA) is 78.0 Å². The van der Waals surface area contributed by atoms with Crippen molar-refractivity contribution < 1.29 is 4.79 Å². The Balaban J connectivity index is 2.66. The summed E-state index contributed by atoms with van der Waals surface area (Å²) in [5.41, 5.74) is 5.83. The minimum Gasteiger partial charge on any atom is -0.369 e. The van der Waals surface area contributed by atoms with Gasteiger partial charge in [0.05, 0.1) is 16.2 Å². The number of fused-ring (bicyclic) bond motifs is 1. The Labute approximate surface area is 121 Å². The highest BCUT2D eigenvalue weighted by molar-refractivity contribution is 8.00. The second kappa shape index (κ2) is 5.66. The zero-order chi connectivity index (χ0) is 14.9. The lowest BCUT2D eigenvalue weighted by molar-refractivity contribution is -0.117. The molecule has 2 rings (SSSR count). The molecule has 1 heterocycles. The number of rotatable bonds is 4. The maximum Gasteiger partial charge on any atom is 0.262 e. The van der Waals surface area contributed by atoms with Crippen LogP contribution in [0.2, 0.25) is 0 Å². The Hall–Kier alpha value is -1.82. The summed E-state index contributed by atoms with van der Waals surface area (Å²) in [7, 11) is 0. The highest BCUT2D eigenvalue weighted by atomic mass is 32.2. The number of carbonyl (C=O) groups is 1. The van der Waals surface area contributed by atoms with E-state index >= 15 is 0 Å². The molecule has 1 amide bonds. The van der Waals surface area contributed by atoms with Crippen LogP contribution in [-0.4, -0.2) is 20.7 Å². The lowest BCUT2D eigenvalue weighted by Gasteiger charge is -2.17. The van der Waals surface area contributed by atoms with Crippen molar-refractivity contribution in [3.8, 4) is 0 Å². The van der Waals surface area contributed by atoms with Crippen LogP contribution in [0, 0.1) is 0 Å². The smallest absolute Gasteiger partial charge is 0.262 e. The Morgan fingerprint density at radius 1 is 1.30 bits per heavy atom. The number of aromatic nitrogens is 2. The molecule has 0 fully saturated rings. The molecular weight excluding hydrogens is 274 g/mol. The molecule has 0 spiro atoms. The van der Waals surface area contributed by atoms with E-state index < -0.39 is 11.2 Å². The van der Waals surface area contributed by atoms with Gasteiger partial charge < -0.3 is 5.73 Å². The van der Waals surface area contributed by atoms with E-state index in [0.29, 0.717) is 16.1 Å². The van der Waals surface area contributed by atoms with Gasteiger partial charge in [0, 0.05) is 6.04 Å². The quantitative estimate of drug-likeness (QED) is 0.690. The third-order valence-corrected chi connectivity index (χ3v) is 4.06. The average molecular weight is 291 g/mol.